The van der Waals surface area contributed by atoms with Gasteiger partial charge in [-0.2, -0.15) is 5.10 Å². The summed E-state index contributed by atoms with van der Waals surface area (Å²) in [7, 11) is 0. The van der Waals surface area contributed by atoms with E-state index in [1.807, 2.05) is 36.2 Å². The minimum Gasteiger partial charge on any atom is -0.330 e. The fraction of sp³-hybridized carbons (Fsp3) is 0.250. The van der Waals surface area contributed by atoms with Gasteiger partial charge in [0.05, 0.1) is 26.8 Å². The number of aryl methyl sites for hydroxylation is 1. The number of halogens is 1. The number of aromatic nitrogens is 3. The van der Waals surface area contributed by atoms with Crippen LogP contribution in [0.3, 0.4) is 0 Å². The van der Waals surface area contributed by atoms with Crippen molar-refractivity contribution in [2.45, 2.75) is 26.3 Å². The van der Waals surface area contributed by atoms with Crippen LogP contribution in [-0.4, -0.2) is 31.9 Å². The highest BCUT2D eigenvalue weighted by Gasteiger charge is 2.31. The van der Waals surface area contributed by atoms with Crippen molar-refractivity contribution in [2.75, 3.05) is 6.54 Å². The number of hydrogen-bond acceptors (Lipinski definition) is 4. The van der Waals surface area contributed by atoms with Gasteiger partial charge in [0.2, 0.25) is 0 Å². The number of carbonyl (C=O) groups excluding carboxylic acids is 1. The number of rotatable bonds is 1. The molecule has 1 aliphatic rings. The topological polar surface area (TPSA) is 50.5 Å². The maximum Gasteiger partial charge on any atom is 0.274 e. The molecule has 1 aliphatic heterocycles. The number of benzene rings is 1. The Balaban J connectivity index is 1.52. The molecule has 1 aromatic carbocycles. The SMILES string of the molecule is Cc1nc2c3c(ccc2s1)C(C)N(C(=O)c1cc2ccc(Br)cn2n1)CC3. The quantitative estimate of drug-likeness (QED) is 0.428. The van der Waals surface area contributed by atoms with E-state index in [1.165, 1.54) is 15.8 Å². The molecule has 5 nitrogen and oxygen atoms in total. The molecule has 0 N–H and O–H groups in total. The lowest BCUT2D eigenvalue weighted by atomic mass is 9.92. The summed E-state index contributed by atoms with van der Waals surface area (Å²) in [5, 5.41) is 5.56. The third kappa shape index (κ3) is 2.68. The fourth-order valence-corrected chi connectivity index (χ4v) is 5.10. The Kier molecular flexibility index (Phi) is 3.84. The van der Waals surface area contributed by atoms with E-state index in [4.69, 9.17) is 4.98 Å². The van der Waals surface area contributed by atoms with Crippen molar-refractivity contribution in [3.8, 4) is 0 Å². The van der Waals surface area contributed by atoms with Crippen molar-refractivity contribution >= 4 is 48.9 Å². The van der Waals surface area contributed by atoms with E-state index >= 15 is 0 Å². The Hall–Kier alpha value is -2.25. The Morgan fingerprint density at radius 1 is 1.30 bits per heavy atom. The molecule has 27 heavy (non-hydrogen) atoms. The molecule has 1 unspecified atom stereocenters. The van der Waals surface area contributed by atoms with Crippen LogP contribution >= 0.6 is 27.3 Å². The second-order valence-corrected chi connectivity index (χ2v) is 9.03. The number of amides is 1. The van der Waals surface area contributed by atoms with Crippen LogP contribution in [0.2, 0.25) is 0 Å². The highest BCUT2D eigenvalue weighted by atomic mass is 79.9. The van der Waals surface area contributed by atoms with Crippen molar-refractivity contribution in [3.05, 3.63) is 62.8 Å². The number of fused-ring (bicyclic) bond motifs is 4. The third-order valence-corrected chi connectivity index (χ3v) is 6.64. The molecular weight excluding hydrogens is 424 g/mol. The number of hydrogen-bond donors (Lipinski definition) is 0. The van der Waals surface area contributed by atoms with Crippen LogP contribution in [0.4, 0.5) is 0 Å². The molecule has 3 aromatic heterocycles. The van der Waals surface area contributed by atoms with Crippen LogP contribution in [0.25, 0.3) is 15.7 Å². The van der Waals surface area contributed by atoms with E-state index in [9.17, 15) is 4.79 Å². The molecule has 1 atom stereocenters. The Labute approximate surface area is 168 Å². The van der Waals surface area contributed by atoms with Gasteiger partial charge in [-0.05, 0) is 71.6 Å². The predicted molar refractivity (Wildman–Crippen MR) is 110 cm³/mol. The molecule has 0 aliphatic carbocycles. The molecule has 136 valence electrons. The number of thiazole rings is 1. The predicted octanol–water partition coefficient (Wildman–Crippen LogP) is 4.77. The largest absolute Gasteiger partial charge is 0.330 e. The summed E-state index contributed by atoms with van der Waals surface area (Å²) in [6.07, 6.45) is 2.69. The van der Waals surface area contributed by atoms with Gasteiger partial charge in [0.25, 0.3) is 5.91 Å². The summed E-state index contributed by atoms with van der Waals surface area (Å²) < 4.78 is 3.89. The summed E-state index contributed by atoms with van der Waals surface area (Å²) in [5.41, 5.74) is 4.97. The summed E-state index contributed by atoms with van der Waals surface area (Å²) in [6.45, 7) is 4.81. The zero-order valence-corrected chi connectivity index (χ0v) is 17.3. The van der Waals surface area contributed by atoms with Gasteiger partial charge >= 0.3 is 0 Å². The van der Waals surface area contributed by atoms with Crippen LogP contribution in [0.1, 0.15) is 39.6 Å². The maximum atomic E-state index is 13.2. The monoisotopic (exact) mass is 440 g/mol. The Bertz CT molecular complexity index is 1210. The van der Waals surface area contributed by atoms with Gasteiger partial charge in [0.15, 0.2) is 5.69 Å². The minimum absolute atomic E-state index is 0.00389. The van der Waals surface area contributed by atoms with E-state index in [0.717, 1.165) is 26.9 Å². The normalized spacial score (nSPS) is 16.9. The number of nitrogens with zero attached hydrogens (tertiary/aromatic N) is 4. The Morgan fingerprint density at radius 3 is 3.00 bits per heavy atom. The number of carbonyl (C=O) groups is 1. The van der Waals surface area contributed by atoms with Gasteiger partial charge in [-0.3, -0.25) is 4.79 Å². The van der Waals surface area contributed by atoms with Gasteiger partial charge < -0.3 is 4.90 Å². The van der Waals surface area contributed by atoms with Crippen LogP contribution in [0.15, 0.2) is 41.0 Å². The molecule has 4 aromatic rings. The van der Waals surface area contributed by atoms with Gasteiger partial charge in [0, 0.05) is 17.2 Å². The molecule has 7 heteroatoms. The molecule has 4 heterocycles. The van der Waals surface area contributed by atoms with E-state index in [1.54, 1.807) is 15.9 Å². The molecule has 5 rings (SSSR count). The average Bonchev–Trinajstić information content (AvgIpc) is 3.23. The van der Waals surface area contributed by atoms with E-state index in [0.29, 0.717) is 12.2 Å². The van der Waals surface area contributed by atoms with Crippen LogP contribution in [0.5, 0.6) is 0 Å². The van der Waals surface area contributed by atoms with Crippen LogP contribution in [-0.2, 0) is 6.42 Å². The summed E-state index contributed by atoms with van der Waals surface area (Å²) in [4.78, 5) is 19.8. The first kappa shape index (κ1) is 16.9. The molecule has 0 spiro atoms. The lowest BCUT2D eigenvalue weighted by Crippen LogP contribution is -2.39. The summed E-state index contributed by atoms with van der Waals surface area (Å²) in [6, 6.07) is 10.0. The highest BCUT2D eigenvalue weighted by Crippen LogP contribution is 2.36. The van der Waals surface area contributed by atoms with Gasteiger partial charge in [-0.25, -0.2) is 9.50 Å². The first-order valence-electron chi connectivity index (χ1n) is 8.86. The highest BCUT2D eigenvalue weighted by molar-refractivity contribution is 9.10. The lowest BCUT2D eigenvalue weighted by molar-refractivity contribution is 0.0671. The standard InChI is InChI=1S/C20H17BrN4OS/c1-11-15-5-6-18-19(22-12(2)27-18)16(15)7-8-24(11)20(26)17-9-14-4-3-13(21)10-25(14)23-17/h3-6,9-11H,7-8H2,1-2H3. The van der Waals surface area contributed by atoms with Gasteiger partial charge in [-0.15, -0.1) is 11.3 Å². The van der Waals surface area contributed by atoms with Crippen molar-refractivity contribution in [2.24, 2.45) is 0 Å². The zero-order chi connectivity index (χ0) is 18.7. The second kappa shape index (κ2) is 6.14. The van der Waals surface area contributed by atoms with Crippen molar-refractivity contribution < 1.29 is 4.79 Å². The van der Waals surface area contributed by atoms with Crippen LogP contribution < -0.4 is 0 Å². The zero-order valence-electron chi connectivity index (χ0n) is 14.9. The van der Waals surface area contributed by atoms with Gasteiger partial charge in [0.1, 0.15) is 0 Å². The molecule has 0 radical (unpaired) electrons. The molecule has 1 amide bonds. The van der Waals surface area contributed by atoms with E-state index < -0.39 is 0 Å². The molecule has 0 saturated carbocycles. The van der Waals surface area contributed by atoms with E-state index in [-0.39, 0.29) is 11.9 Å². The molecular formula is C20H17BrN4OS. The average molecular weight is 441 g/mol. The van der Waals surface area contributed by atoms with Crippen LogP contribution in [0, 0.1) is 6.92 Å². The summed E-state index contributed by atoms with van der Waals surface area (Å²) in [5.74, 6) is -0.0254. The third-order valence-electron chi connectivity index (χ3n) is 5.23. The van der Waals surface area contributed by atoms with Crippen molar-refractivity contribution in [3.63, 3.8) is 0 Å². The summed E-state index contributed by atoms with van der Waals surface area (Å²) >= 11 is 5.17. The number of pyridine rings is 1. The molecule has 0 fully saturated rings. The first-order valence-corrected chi connectivity index (χ1v) is 10.5. The van der Waals surface area contributed by atoms with Crippen molar-refractivity contribution in [1.29, 1.82) is 0 Å². The smallest absolute Gasteiger partial charge is 0.274 e. The fourth-order valence-electron chi connectivity index (χ4n) is 3.91. The second-order valence-electron chi connectivity index (χ2n) is 6.88. The molecule has 0 saturated heterocycles. The van der Waals surface area contributed by atoms with Crippen molar-refractivity contribution in [1.82, 2.24) is 19.5 Å². The van der Waals surface area contributed by atoms with E-state index in [2.05, 4.69) is 40.1 Å². The Morgan fingerprint density at radius 2 is 2.15 bits per heavy atom. The minimum atomic E-state index is -0.0254. The first-order chi connectivity index (χ1) is 13.0. The maximum absolute atomic E-state index is 13.2. The molecule has 0 bridgehead atoms. The lowest BCUT2D eigenvalue weighted by Gasteiger charge is -2.35. The van der Waals surface area contributed by atoms with Gasteiger partial charge in [-0.1, -0.05) is 6.07 Å².